The van der Waals surface area contributed by atoms with Gasteiger partial charge < -0.3 is 10.6 Å². The third kappa shape index (κ3) is 3.55. The molecule has 1 atom stereocenters. The molecule has 0 bridgehead atoms. The Balaban J connectivity index is 1.97. The summed E-state index contributed by atoms with van der Waals surface area (Å²) in [5, 5.41) is 9.53. The Hall–Kier alpha value is -1.47. The minimum Gasteiger partial charge on any atom is -0.329 e. The average molecular weight is 310 g/mol. The molecule has 0 fully saturated rings. The van der Waals surface area contributed by atoms with Gasteiger partial charge in [-0.1, -0.05) is 0 Å². The third-order valence-electron chi connectivity index (χ3n) is 2.75. The van der Waals surface area contributed by atoms with Crippen LogP contribution in [0.4, 0.5) is 4.79 Å². The van der Waals surface area contributed by atoms with Crippen molar-refractivity contribution in [2.75, 3.05) is 0 Å². The lowest BCUT2D eigenvalue weighted by molar-refractivity contribution is 0.227. The van der Waals surface area contributed by atoms with Crippen molar-refractivity contribution in [2.24, 2.45) is 0 Å². The van der Waals surface area contributed by atoms with E-state index in [0.29, 0.717) is 0 Å². The van der Waals surface area contributed by atoms with E-state index in [4.69, 9.17) is 0 Å². The number of hydrogen-bond acceptors (Lipinski definition) is 5. The lowest BCUT2D eigenvalue weighted by Gasteiger charge is -2.25. The van der Waals surface area contributed by atoms with Gasteiger partial charge >= 0.3 is 6.03 Å². The summed E-state index contributed by atoms with van der Waals surface area (Å²) in [6, 6.07) is -0.325. The number of hydrogen-bond donors (Lipinski definition) is 2. The summed E-state index contributed by atoms with van der Waals surface area (Å²) in [6.07, 6.45) is 3.55. The molecule has 0 aliphatic heterocycles. The number of aryl methyl sites for hydroxylation is 1. The van der Waals surface area contributed by atoms with Crippen molar-refractivity contribution >= 4 is 28.7 Å². The fourth-order valence-corrected chi connectivity index (χ4v) is 3.19. The van der Waals surface area contributed by atoms with Crippen LogP contribution in [0.2, 0.25) is 0 Å². The maximum Gasteiger partial charge on any atom is 0.316 e. The smallest absolute Gasteiger partial charge is 0.316 e. The van der Waals surface area contributed by atoms with Crippen molar-refractivity contribution in [1.82, 2.24) is 20.6 Å². The molecule has 0 aromatic carbocycles. The van der Waals surface area contributed by atoms with Crippen LogP contribution in [0.25, 0.3) is 0 Å². The topological polar surface area (TPSA) is 66.9 Å². The highest BCUT2D eigenvalue weighted by molar-refractivity contribution is 7.11. The summed E-state index contributed by atoms with van der Waals surface area (Å²) in [7, 11) is 0. The number of thiazole rings is 2. The normalized spacial score (nSPS) is 13.0. The predicted octanol–water partition coefficient (Wildman–Crippen LogP) is 3.20. The number of aromatic nitrogens is 2. The number of carbonyl (C=O) groups excluding carboxylic acids is 1. The molecular formula is C13H18N4OS2. The van der Waals surface area contributed by atoms with Gasteiger partial charge in [-0.25, -0.2) is 14.8 Å². The second-order valence-corrected chi connectivity index (χ2v) is 7.25. The van der Waals surface area contributed by atoms with Crippen molar-refractivity contribution in [3.63, 3.8) is 0 Å². The van der Waals surface area contributed by atoms with E-state index in [1.165, 1.54) is 11.3 Å². The molecule has 0 saturated carbocycles. The highest BCUT2D eigenvalue weighted by atomic mass is 32.1. The van der Waals surface area contributed by atoms with Crippen LogP contribution in [0.1, 0.15) is 41.7 Å². The second kappa shape index (κ2) is 5.88. The number of carbonyl (C=O) groups is 1. The minimum atomic E-state index is -0.494. The Bertz CT molecular complexity index is 577. The van der Waals surface area contributed by atoms with E-state index in [2.05, 4.69) is 20.6 Å². The van der Waals surface area contributed by atoms with E-state index in [1.807, 2.05) is 39.3 Å². The molecule has 2 heterocycles. The molecule has 108 valence electrons. The minimum absolute atomic E-state index is 0.108. The first-order valence-corrected chi connectivity index (χ1v) is 7.99. The molecule has 20 heavy (non-hydrogen) atoms. The van der Waals surface area contributed by atoms with Gasteiger partial charge in [0.15, 0.2) is 0 Å². The zero-order valence-corrected chi connectivity index (χ0v) is 13.6. The molecule has 0 radical (unpaired) electrons. The molecule has 1 unspecified atom stereocenters. The van der Waals surface area contributed by atoms with Gasteiger partial charge in [0.1, 0.15) is 10.0 Å². The maximum absolute atomic E-state index is 12.1. The summed E-state index contributed by atoms with van der Waals surface area (Å²) >= 11 is 3.12. The number of rotatable bonds is 4. The number of amides is 2. The van der Waals surface area contributed by atoms with Crippen LogP contribution < -0.4 is 10.6 Å². The molecule has 0 spiro atoms. The molecule has 2 aromatic rings. The molecular weight excluding hydrogens is 292 g/mol. The van der Waals surface area contributed by atoms with Crippen LogP contribution in [0, 0.1) is 6.92 Å². The first-order valence-electron chi connectivity index (χ1n) is 6.29. The summed E-state index contributed by atoms with van der Waals surface area (Å²) in [4.78, 5) is 21.7. The molecule has 7 heteroatoms. The maximum atomic E-state index is 12.1. The van der Waals surface area contributed by atoms with E-state index in [-0.39, 0.29) is 12.1 Å². The Labute approximate surface area is 126 Å². The Kier molecular flexibility index (Phi) is 4.39. The zero-order valence-electron chi connectivity index (χ0n) is 11.9. The Morgan fingerprint density at radius 3 is 2.70 bits per heavy atom. The van der Waals surface area contributed by atoms with Crippen LogP contribution in [0.15, 0.2) is 17.8 Å². The molecule has 2 N–H and O–H groups in total. The van der Waals surface area contributed by atoms with Crippen LogP contribution >= 0.6 is 22.7 Å². The first kappa shape index (κ1) is 14.9. The molecule has 2 aromatic heterocycles. The van der Waals surface area contributed by atoms with Gasteiger partial charge in [0.2, 0.25) is 0 Å². The fourth-order valence-electron chi connectivity index (χ4n) is 1.72. The van der Waals surface area contributed by atoms with Gasteiger partial charge in [0, 0.05) is 22.7 Å². The lowest BCUT2D eigenvalue weighted by Crippen LogP contribution is -2.47. The number of urea groups is 1. The molecule has 2 rings (SSSR count). The standard InChI is InChI=1S/C13H18N4OS2/c1-8-7-15-11(20-8)13(3,4)17-12(18)16-9(2)10-14-5-6-19-10/h5-7,9H,1-4H3,(H2,16,17,18). The van der Waals surface area contributed by atoms with Crippen molar-refractivity contribution in [1.29, 1.82) is 0 Å². The van der Waals surface area contributed by atoms with Gasteiger partial charge in [0.25, 0.3) is 0 Å². The highest BCUT2D eigenvalue weighted by Crippen LogP contribution is 2.24. The van der Waals surface area contributed by atoms with Crippen molar-refractivity contribution in [3.05, 3.63) is 32.7 Å². The van der Waals surface area contributed by atoms with E-state index in [1.54, 1.807) is 17.5 Å². The summed E-state index contributed by atoms with van der Waals surface area (Å²) in [6.45, 7) is 7.80. The second-order valence-electron chi connectivity index (χ2n) is 5.09. The molecule has 5 nitrogen and oxygen atoms in total. The lowest BCUT2D eigenvalue weighted by atomic mass is 10.1. The van der Waals surface area contributed by atoms with Crippen LogP contribution in [0.5, 0.6) is 0 Å². The van der Waals surface area contributed by atoms with Crippen molar-refractivity contribution in [2.45, 2.75) is 39.3 Å². The molecule has 0 saturated heterocycles. The van der Waals surface area contributed by atoms with E-state index in [9.17, 15) is 4.79 Å². The Morgan fingerprint density at radius 1 is 1.40 bits per heavy atom. The van der Waals surface area contributed by atoms with E-state index in [0.717, 1.165) is 14.9 Å². The largest absolute Gasteiger partial charge is 0.329 e. The van der Waals surface area contributed by atoms with Gasteiger partial charge in [0.05, 0.1) is 11.6 Å². The predicted molar refractivity (Wildman–Crippen MR) is 82.1 cm³/mol. The zero-order chi connectivity index (χ0) is 14.8. The van der Waals surface area contributed by atoms with Gasteiger partial charge in [-0.2, -0.15) is 0 Å². The van der Waals surface area contributed by atoms with Crippen LogP contribution in [0.3, 0.4) is 0 Å². The van der Waals surface area contributed by atoms with Gasteiger partial charge in [-0.15, -0.1) is 22.7 Å². The molecule has 0 aliphatic carbocycles. The summed E-state index contributed by atoms with van der Waals surface area (Å²) in [5.41, 5.74) is -0.494. The third-order valence-corrected chi connectivity index (χ3v) is 4.95. The van der Waals surface area contributed by atoms with Crippen molar-refractivity contribution < 1.29 is 4.79 Å². The monoisotopic (exact) mass is 310 g/mol. The van der Waals surface area contributed by atoms with Gasteiger partial charge in [-0.3, -0.25) is 0 Å². The van der Waals surface area contributed by atoms with Crippen LogP contribution in [-0.2, 0) is 5.54 Å². The fraction of sp³-hybridized carbons (Fsp3) is 0.462. The van der Waals surface area contributed by atoms with Crippen LogP contribution in [-0.4, -0.2) is 16.0 Å². The molecule has 2 amide bonds. The average Bonchev–Trinajstić information content (AvgIpc) is 2.97. The first-order chi connectivity index (χ1) is 9.38. The summed E-state index contributed by atoms with van der Waals surface area (Å²) in [5.74, 6) is 0. The van der Waals surface area contributed by atoms with E-state index >= 15 is 0 Å². The van der Waals surface area contributed by atoms with Gasteiger partial charge in [-0.05, 0) is 27.7 Å². The number of nitrogens with one attached hydrogen (secondary N) is 2. The quantitative estimate of drug-likeness (QED) is 0.911. The van der Waals surface area contributed by atoms with E-state index < -0.39 is 5.54 Å². The number of nitrogens with zero attached hydrogens (tertiary/aromatic N) is 2. The Morgan fingerprint density at radius 2 is 2.15 bits per heavy atom. The molecule has 0 aliphatic rings. The van der Waals surface area contributed by atoms with Crippen molar-refractivity contribution in [3.8, 4) is 0 Å². The highest BCUT2D eigenvalue weighted by Gasteiger charge is 2.26. The summed E-state index contributed by atoms with van der Waals surface area (Å²) < 4.78 is 0. The SMILES string of the molecule is Cc1cnc(C(C)(C)NC(=O)NC(C)c2nccs2)s1.